The van der Waals surface area contributed by atoms with Gasteiger partial charge < -0.3 is 9.79 Å². The second kappa shape index (κ2) is 3.54. The Bertz CT molecular complexity index is 119. The smallest absolute Gasteiger partial charge is 0.303 e. The summed E-state index contributed by atoms with van der Waals surface area (Å²) in [6.07, 6.45) is 0. The molecule has 0 heterocycles. The molecule has 0 saturated carbocycles. The van der Waals surface area contributed by atoms with Crippen LogP contribution >= 0.6 is 19.4 Å². The van der Waals surface area contributed by atoms with Crippen LogP contribution in [0.15, 0.2) is 0 Å². The van der Waals surface area contributed by atoms with Crippen molar-refractivity contribution in [2.45, 2.75) is 12.3 Å². The average Bonchev–Trinajstić information content (AvgIpc) is 1.59. The lowest BCUT2D eigenvalue weighted by Gasteiger charge is -2.04. The van der Waals surface area contributed by atoms with Crippen LogP contribution in [0.1, 0.15) is 6.92 Å². The van der Waals surface area contributed by atoms with Gasteiger partial charge in [-0.05, 0) is 6.92 Å². The molecule has 0 radical (unpaired) electrons. The van der Waals surface area contributed by atoms with Crippen molar-refractivity contribution in [2.24, 2.45) is 0 Å². The summed E-state index contributed by atoms with van der Waals surface area (Å²) in [6.45, 7) is 1.45. The van der Waals surface area contributed by atoms with Gasteiger partial charge in [0.25, 0.3) is 0 Å². The molecule has 0 saturated heterocycles. The maximum atomic E-state index is 9.95. The Morgan fingerprint density at radius 2 is 2.22 bits per heavy atom. The Morgan fingerprint density at radius 3 is 2.33 bits per heavy atom. The van der Waals surface area contributed by atoms with Crippen LogP contribution in [0.4, 0.5) is 0 Å². The molecule has 9 heavy (non-hydrogen) atoms. The van der Waals surface area contributed by atoms with E-state index in [1.54, 1.807) is 6.92 Å². The van der Waals surface area contributed by atoms with E-state index < -0.39 is 7.82 Å². The van der Waals surface area contributed by atoms with Crippen molar-refractivity contribution in [3.05, 3.63) is 0 Å². The van der Waals surface area contributed by atoms with E-state index in [2.05, 4.69) is 4.52 Å². The highest BCUT2D eigenvalue weighted by Gasteiger charge is 2.14. The van der Waals surface area contributed by atoms with Crippen molar-refractivity contribution in [1.29, 1.82) is 0 Å². The predicted molar refractivity (Wildman–Crippen MR) is 33.3 cm³/mol. The zero-order chi connectivity index (χ0) is 7.49. The summed E-state index contributed by atoms with van der Waals surface area (Å²) in [5.74, 6) is 0. The van der Waals surface area contributed by atoms with E-state index in [1.807, 2.05) is 0 Å². The third kappa shape index (κ3) is 8.40. The largest absolute Gasteiger partial charge is 0.469 e. The molecular formula is C3H8ClO4P. The first-order valence-corrected chi connectivity index (χ1v) is 4.22. The summed E-state index contributed by atoms with van der Waals surface area (Å²) in [6, 6.07) is 0. The molecule has 1 atom stereocenters. The van der Waals surface area contributed by atoms with Gasteiger partial charge in [-0.25, -0.2) is 4.57 Å². The SMILES string of the molecule is CC(Cl)COP(=O)(O)O. The van der Waals surface area contributed by atoms with Gasteiger partial charge in [0.2, 0.25) is 0 Å². The number of rotatable bonds is 3. The Hall–Kier alpha value is 0.400. The molecule has 0 amide bonds. The zero-order valence-corrected chi connectivity index (χ0v) is 6.47. The molecule has 2 N–H and O–H groups in total. The van der Waals surface area contributed by atoms with Crippen LogP contribution in [-0.2, 0) is 9.09 Å². The second-order valence-electron chi connectivity index (χ2n) is 1.57. The lowest BCUT2D eigenvalue weighted by molar-refractivity contribution is 0.198. The summed E-state index contributed by atoms with van der Waals surface area (Å²) in [7, 11) is -4.30. The van der Waals surface area contributed by atoms with Crippen LogP contribution in [0.3, 0.4) is 0 Å². The minimum atomic E-state index is -4.30. The molecule has 0 bridgehead atoms. The van der Waals surface area contributed by atoms with E-state index in [-0.39, 0.29) is 12.0 Å². The molecule has 6 heteroatoms. The highest BCUT2D eigenvalue weighted by Crippen LogP contribution is 2.35. The van der Waals surface area contributed by atoms with Crippen LogP contribution in [-0.4, -0.2) is 21.8 Å². The van der Waals surface area contributed by atoms with Crippen LogP contribution < -0.4 is 0 Å². The van der Waals surface area contributed by atoms with Crippen LogP contribution in [0.5, 0.6) is 0 Å². The van der Waals surface area contributed by atoms with E-state index >= 15 is 0 Å². The number of hydrogen-bond acceptors (Lipinski definition) is 2. The average molecular weight is 175 g/mol. The fourth-order valence-corrected chi connectivity index (χ4v) is 0.768. The molecule has 0 aliphatic heterocycles. The van der Waals surface area contributed by atoms with Gasteiger partial charge in [0.05, 0.1) is 12.0 Å². The molecule has 0 aromatic rings. The summed E-state index contributed by atoms with van der Waals surface area (Å²) < 4.78 is 14.0. The molecular weight excluding hydrogens is 166 g/mol. The summed E-state index contributed by atoms with van der Waals surface area (Å²) in [4.78, 5) is 16.2. The standard InChI is InChI=1S/C3H8ClO4P/c1-3(4)2-8-9(5,6)7/h3H,2H2,1H3,(H2,5,6,7). The number of alkyl halides is 1. The van der Waals surface area contributed by atoms with E-state index in [1.165, 1.54) is 0 Å². The van der Waals surface area contributed by atoms with E-state index in [0.29, 0.717) is 0 Å². The van der Waals surface area contributed by atoms with Crippen molar-refractivity contribution >= 4 is 19.4 Å². The summed E-state index contributed by atoms with van der Waals surface area (Å²) in [5, 5.41) is -0.377. The first-order valence-electron chi connectivity index (χ1n) is 2.26. The molecule has 4 nitrogen and oxygen atoms in total. The van der Waals surface area contributed by atoms with Gasteiger partial charge in [0, 0.05) is 0 Å². The van der Waals surface area contributed by atoms with Crippen molar-refractivity contribution in [2.75, 3.05) is 6.61 Å². The quantitative estimate of drug-likeness (QED) is 0.489. The fraction of sp³-hybridized carbons (Fsp3) is 1.00. The normalized spacial score (nSPS) is 15.6. The summed E-state index contributed by atoms with van der Waals surface area (Å²) in [5.41, 5.74) is 0. The van der Waals surface area contributed by atoms with Gasteiger partial charge in [0.15, 0.2) is 0 Å². The topological polar surface area (TPSA) is 66.8 Å². The van der Waals surface area contributed by atoms with E-state index in [4.69, 9.17) is 21.4 Å². The molecule has 0 aliphatic rings. The van der Waals surface area contributed by atoms with Gasteiger partial charge in [-0.2, -0.15) is 0 Å². The molecule has 0 aliphatic carbocycles. The molecule has 56 valence electrons. The zero-order valence-electron chi connectivity index (χ0n) is 4.82. The summed E-state index contributed by atoms with van der Waals surface area (Å²) >= 11 is 5.32. The van der Waals surface area contributed by atoms with E-state index in [9.17, 15) is 4.57 Å². The van der Waals surface area contributed by atoms with Gasteiger partial charge >= 0.3 is 7.82 Å². The number of hydrogen-bond donors (Lipinski definition) is 2. The third-order valence-corrected chi connectivity index (χ3v) is 1.08. The third-order valence-electron chi connectivity index (χ3n) is 0.472. The van der Waals surface area contributed by atoms with Gasteiger partial charge in [0.1, 0.15) is 0 Å². The van der Waals surface area contributed by atoms with Gasteiger partial charge in [-0.15, -0.1) is 11.6 Å². The lowest BCUT2D eigenvalue weighted by Crippen LogP contribution is -2.02. The maximum absolute atomic E-state index is 9.95. The lowest BCUT2D eigenvalue weighted by atomic mass is 10.5. The molecule has 0 aromatic carbocycles. The minimum Gasteiger partial charge on any atom is -0.303 e. The number of halogens is 1. The first-order chi connectivity index (χ1) is 3.92. The highest BCUT2D eigenvalue weighted by atomic mass is 35.5. The Labute approximate surface area is 58.0 Å². The first kappa shape index (κ1) is 9.40. The molecule has 0 rings (SSSR count). The second-order valence-corrected chi connectivity index (χ2v) is 3.55. The van der Waals surface area contributed by atoms with Crippen LogP contribution in [0.25, 0.3) is 0 Å². The Kier molecular flexibility index (Phi) is 3.70. The molecule has 0 spiro atoms. The van der Waals surface area contributed by atoms with Crippen LogP contribution in [0, 0.1) is 0 Å². The van der Waals surface area contributed by atoms with Crippen molar-refractivity contribution in [3.63, 3.8) is 0 Å². The Balaban J connectivity index is 3.40. The molecule has 1 unspecified atom stereocenters. The molecule has 0 fully saturated rings. The monoisotopic (exact) mass is 174 g/mol. The number of phosphoric ester groups is 1. The predicted octanol–water partition coefficient (Wildman–Crippen LogP) is 0.723. The molecule has 0 aromatic heterocycles. The number of phosphoric acid groups is 1. The maximum Gasteiger partial charge on any atom is 0.469 e. The van der Waals surface area contributed by atoms with Gasteiger partial charge in [-0.3, -0.25) is 4.52 Å². The Morgan fingerprint density at radius 1 is 1.78 bits per heavy atom. The van der Waals surface area contributed by atoms with Crippen molar-refractivity contribution < 1.29 is 18.9 Å². The van der Waals surface area contributed by atoms with Crippen molar-refractivity contribution in [1.82, 2.24) is 0 Å². The minimum absolute atomic E-state index is 0.133. The van der Waals surface area contributed by atoms with E-state index in [0.717, 1.165) is 0 Å². The van der Waals surface area contributed by atoms with Gasteiger partial charge in [-0.1, -0.05) is 0 Å². The highest BCUT2D eigenvalue weighted by molar-refractivity contribution is 7.46. The van der Waals surface area contributed by atoms with Crippen molar-refractivity contribution in [3.8, 4) is 0 Å². The van der Waals surface area contributed by atoms with Crippen LogP contribution in [0.2, 0.25) is 0 Å². The fourth-order valence-electron chi connectivity index (χ4n) is 0.200.